The predicted molar refractivity (Wildman–Crippen MR) is 63.4 cm³/mol. The van der Waals surface area contributed by atoms with Crippen molar-refractivity contribution in [3.63, 3.8) is 0 Å². The third-order valence-electron chi connectivity index (χ3n) is 2.78. The van der Waals surface area contributed by atoms with Gasteiger partial charge in [-0.25, -0.2) is 0 Å². The topological polar surface area (TPSA) is 55.8 Å². The molecule has 1 N–H and O–H groups in total. The number of fused-ring (bicyclic) bond motifs is 1. The summed E-state index contributed by atoms with van der Waals surface area (Å²) in [7, 11) is 1.57. The van der Waals surface area contributed by atoms with Gasteiger partial charge in [-0.2, -0.15) is 0 Å². The van der Waals surface area contributed by atoms with E-state index in [0.29, 0.717) is 18.1 Å². The fourth-order valence-electron chi connectivity index (χ4n) is 1.93. The maximum absolute atomic E-state index is 10.3. The van der Waals surface area contributed by atoms with Gasteiger partial charge in [-0.05, 0) is 23.8 Å². The van der Waals surface area contributed by atoms with E-state index in [9.17, 15) is 9.90 Å². The van der Waals surface area contributed by atoms with Crippen LogP contribution >= 0.6 is 0 Å². The Hall–Kier alpha value is -1.81. The van der Waals surface area contributed by atoms with Gasteiger partial charge >= 0.3 is 0 Å². The molecule has 0 bridgehead atoms. The van der Waals surface area contributed by atoms with Gasteiger partial charge < -0.3 is 14.6 Å². The maximum Gasteiger partial charge on any atom is 0.164 e. The van der Waals surface area contributed by atoms with Crippen molar-refractivity contribution in [2.75, 3.05) is 20.3 Å². The number of methoxy groups -OCH3 is 1. The number of ether oxygens (including phenoxy) is 2. The van der Waals surface area contributed by atoms with Gasteiger partial charge in [-0.1, -0.05) is 6.08 Å². The van der Waals surface area contributed by atoms with Crippen LogP contribution in [-0.4, -0.2) is 31.7 Å². The van der Waals surface area contributed by atoms with E-state index in [-0.39, 0.29) is 12.5 Å². The molecule has 90 valence electrons. The fraction of sp³-hybridized carbons (Fsp3) is 0.308. The second-order valence-corrected chi connectivity index (χ2v) is 3.83. The number of aliphatic hydroxyl groups excluding tert-OH is 1. The lowest BCUT2D eigenvalue weighted by Crippen LogP contribution is -2.04. The van der Waals surface area contributed by atoms with E-state index in [1.54, 1.807) is 19.3 Å². The number of allylic oxidation sites excluding steroid dienone is 1. The molecule has 4 heteroatoms. The molecule has 17 heavy (non-hydrogen) atoms. The summed E-state index contributed by atoms with van der Waals surface area (Å²) in [5.41, 5.74) is 1.79. The van der Waals surface area contributed by atoms with Crippen LogP contribution in [0.4, 0.5) is 0 Å². The first-order valence-electron chi connectivity index (χ1n) is 5.37. The lowest BCUT2D eigenvalue weighted by atomic mass is 9.99. The highest BCUT2D eigenvalue weighted by Crippen LogP contribution is 2.42. The van der Waals surface area contributed by atoms with Crippen LogP contribution < -0.4 is 9.47 Å². The van der Waals surface area contributed by atoms with E-state index >= 15 is 0 Å². The van der Waals surface area contributed by atoms with Crippen molar-refractivity contribution in [2.45, 2.75) is 5.92 Å². The van der Waals surface area contributed by atoms with Crippen molar-refractivity contribution >= 4 is 12.4 Å². The molecular weight excluding hydrogens is 220 g/mol. The number of hydrogen-bond donors (Lipinski definition) is 1. The van der Waals surface area contributed by atoms with Gasteiger partial charge in [0.25, 0.3) is 0 Å². The minimum atomic E-state index is -0.0246. The van der Waals surface area contributed by atoms with E-state index in [1.165, 1.54) is 6.08 Å². The van der Waals surface area contributed by atoms with E-state index in [1.807, 2.05) is 6.07 Å². The zero-order valence-electron chi connectivity index (χ0n) is 9.55. The normalized spacial score (nSPS) is 17.9. The number of benzene rings is 1. The molecule has 1 atom stereocenters. The smallest absolute Gasteiger partial charge is 0.164 e. The first-order valence-corrected chi connectivity index (χ1v) is 5.37. The Labute approximate surface area is 99.5 Å². The molecule has 2 rings (SSSR count). The molecule has 0 aliphatic carbocycles. The number of aliphatic hydroxyl groups is 1. The molecule has 0 amide bonds. The highest BCUT2D eigenvalue weighted by Gasteiger charge is 2.27. The first kappa shape index (κ1) is 11.7. The van der Waals surface area contributed by atoms with E-state index in [2.05, 4.69) is 0 Å². The van der Waals surface area contributed by atoms with Gasteiger partial charge in [-0.3, -0.25) is 4.79 Å². The molecule has 0 fully saturated rings. The second-order valence-electron chi connectivity index (χ2n) is 3.83. The van der Waals surface area contributed by atoms with E-state index in [4.69, 9.17) is 9.47 Å². The van der Waals surface area contributed by atoms with Gasteiger partial charge in [0.2, 0.25) is 0 Å². The van der Waals surface area contributed by atoms with Gasteiger partial charge in [0.05, 0.1) is 20.3 Å². The minimum Gasteiger partial charge on any atom is -0.493 e. The Morgan fingerprint density at radius 1 is 1.59 bits per heavy atom. The average Bonchev–Trinajstić information content (AvgIpc) is 2.78. The Morgan fingerprint density at radius 2 is 2.41 bits per heavy atom. The molecule has 0 saturated heterocycles. The van der Waals surface area contributed by atoms with E-state index in [0.717, 1.165) is 17.4 Å². The molecule has 1 aromatic carbocycles. The van der Waals surface area contributed by atoms with Gasteiger partial charge in [0, 0.05) is 11.5 Å². The zero-order valence-corrected chi connectivity index (χ0v) is 9.55. The zero-order chi connectivity index (χ0) is 12.3. The molecule has 4 nitrogen and oxygen atoms in total. The van der Waals surface area contributed by atoms with Crippen molar-refractivity contribution in [1.29, 1.82) is 0 Å². The summed E-state index contributed by atoms with van der Waals surface area (Å²) in [5.74, 6) is 1.29. The summed E-state index contributed by atoms with van der Waals surface area (Å²) < 4.78 is 10.7. The summed E-state index contributed by atoms with van der Waals surface area (Å²) in [6.45, 7) is 0.500. The third-order valence-corrected chi connectivity index (χ3v) is 2.78. The average molecular weight is 234 g/mol. The summed E-state index contributed by atoms with van der Waals surface area (Å²) in [6.07, 6.45) is 3.84. The van der Waals surface area contributed by atoms with Crippen LogP contribution in [0.15, 0.2) is 18.2 Å². The van der Waals surface area contributed by atoms with Crippen LogP contribution in [0, 0.1) is 0 Å². The Kier molecular flexibility index (Phi) is 3.44. The summed E-state index contributed by atoms with van der Waals surface area (Å²) in [4.78, 5) is 10.3. The predicted octanol–water partition coefficient (Wildman–Crippen LogP) is 1.38. The lowest BCUT2D eigenvalue weighted by molar-refractivity contribution is -0.104. The van der Waals surface area contributed by atoms with Crippen molar-refractivity contribution in [3.05, 3.63) is 29.3 Å². The molecule has 0 spiro atoms. The highest BCUT2D eigenvalue weighted by atomic mass is 16.5. The molecule has 0 saturated carbocycles. The van der Waals surface area contributed by atoms with Crippen LogP contribution in [0.25, 0.3) is 6.08 Å². The van der Waals surface area contributed by atoms with Crippen molar-refractivity contribution in [1.82, 2.24) is 0 Å². The molecule has 0 aromatic heterocycles. The molecular formula is C13H14O4. The fourth-order valence-corrected chi connectivity index (χ4v) is 1.93. The number of carbonyl (C=O) groups is 1. The van der Waals surface area contributed by atoms with Crippen LogP contribution in [0.2, 0.25) is 0 Å². The van der Waals surface area contributed by atoms with E-state index < -0.39 is 0 Å². The Balaban J connectivity index is 2.46. The van der Waals surface area contributed by atoms with Crippen LogP contribution in [-0.2, 0) is 4.79 Å². The van der Waals surface area contributed by atoms with Gasteiger partial charge in [-0.15, -0.1) is 0 Å². The van der Waals surface area contributed by atoms with Crippen LogP contribution in [0.1, 0.15) is 17.0 Å². The molecule has 1 aromatic rings. The Morgan fingerprint density at radius 3 is 3.06 bits per heavy atom. The summed E-state index contributed by atoms with van der Waals surface area (Å²) in [6, 6.07) is 3.71. The largest absolute Gasteiger partial charge is 0.493 e. The monoisotopic (exact) mass is 234 g/mol. The molecule has 0 radical (unpaired) electrons. The van der Waals surface area contributed by atoms with Crippen molar-refractivity contribution < 1.29 is 19.4 Å². The SMILES string of the molecule is COc1cc(C=CC=O)cc2c1OC[C@H]2CO. The summed E-state index contributed by atoms with van der Waals surface area (Å²) in [5, 5.41) is 9.25. The molecule has 1 heterocycles. The van der Waals surface area contributed by atoms with Crippen LogP contribution in [0.5, 0.6) is 11.5 Å². The minimum absolute atomic E-state index is 0.0246. The standard InChI is InChI=1S/C13H14O4/c1-16-12-6-9(3-2-4-14)5-11-10(7-15)8-17-13(11)12/h2-6,10,15H,7-8H2,1H3/t10-/m1/s1. The van der Waals surface area contributed by atoms with Gasteiger partial charge in [0.15, 0.2) is 11.5 Å². The highest BCUT2D eigenvalue weighted by molar-refractivity contribution is 5.75. The lowest BCUT2D eigenvalue weighted by Gasteiger charge is -2.09. The number of aldehydes is 1. The first-order chi connectivity index (χ1) is 8.30. The van der Waals surface area contributed by atoms with Crippen molar-refractivity contribution in [2.24, 2.45) is 0 Å². The Bertz CT molecular complexity index is 451. The van der Waals surface area contributed by atoms with Crippen LogP contribution in [0.3, 0.4) is 0 Å². The number of carbonyl (C=O) groups excluding carboxylic acids is 1. The molecule has 1 aliphatic heterocycles. The number of rotatable bonds is 4. The second kappa shape index (κ2) is 5.01. The van der Waals surface area contributed by atoms with Gasteiger partial charge in [0.1, 0.15) is 6.29 Å². The van der Waals surface area contributed by atoms with Crippen molar-refractivity contribution in [3.8, 4) is 11.5 Å². The molecule has 0 unspecified atom stereocenters. The number of hydrogen-bond acceptors (Lipinski definition) is 4. The maximum atomic E-state index is 10.3. The summed E-state index contributed by atoms with van der Waals surface area (Å²) >= 11 is 0. The molecule has 1 aliphatic rings. The quantitative estimate of drug-likeness (QED) is 0.631. The third kappa shape index (κ3) is 2.17.